The quantitative estimate of drug-likeness (QED) is 0.421. The molecule has 0 aromatic heterocycles. The zero-order valence-corrected chi connectivity index (χ0v) is 4.57. The molecule has 0 unspecified atom stereocenters. The summed E-state index contributed by atoms with van der Waals surface area (Å²) in [5.41, 5.74) is 1.42. The Kier molecular flexibility index (Phi) is 1.52. The largest absolute Gasteiger partial charge is 0.321 e. The van der Waals surface area contributed by atoms with Crippen LogP contribution in [-0.4, -0.2) is 20.3 Å². The summed E-state index contributed by atoms with van der Waals surface area (Å²) in [6.07, 6.45) is 1.04. The summed E-state index contributed by atoms with van der Waals surface area (Å²) < 4.78 is 0. The van der Waals surface area contributed by atoms with Crippen LogP contribution in [0.25, 0.3) is 0 Å². The van der Waals surface area contributed by atoms with Gasteiger partial charge in [-0.3, -0.25) is 0 Å². The summed E-state index contributed by atoms with van der Waals surface area (Å²) >= 11 is 0. The molecule has 0 aliphatic carbocycles. The second-order valence-electron chi connectivity index (χ2n) is 1.88. The van der Waals surface area contributed by atoms with Crippen molar-refractivity contribution in [3.05, 3.63) is 11.5 Å². The lowest BCUT2D eigenvalue weighted by Gasteiger charge is -2.07. The van der Waals surface area contributed by atoms with Crippen molar-refractivity contribution < 1.29 is 0 Å². The third-order valence-electron chi connectivity index (χ3n) is 1.07. The van der Waals surface area contributed by atoms with Gasteiger partial charge in [0, 0.05) is 6.54 Å². The van der Waals surface area contributed by atoms with E-state index in [0.29, 0.717) is 0 Å². The molecule has 0 bridgehead atoms. The van der Waals surface area contributed by atoms with Crippen molar-refractivity contribution >= 4 is 7.28 Å². The zero-order valence-electron chi connectivity index (χ0n) is 4.57. The van der Waals surface area contributed by atoms with E-state index in [-0.39, 0.29) is 0 Å². The van der Waals surface area contributed by atoms with Crippen LogP contribution < -0.4 is 5.32 Å². The number of hydrogen-bond donors (Lipinski definition) is 1. The Balaban J connectivity index is 2.40. The monoisotopic (exact) mass is 94.1 g/mol. The summed E-state index contributed by atoms with van der Waals surface area (Å²) in [5, 5.41) is 3.21. The Morgan fingerprint density at radius 1 is 1.86 bits per heavy atom. The molecular formula is C5H9BN. The van der Waals surface area contributed by atoms with E-state index >= 15 is 0 Å². The Hall–Kier alpha value is -0.235. The lowest BCUT2D eigenvalue weighted by molar-refractivity contribution is 0.836. The molecule has 7 heavy (non-hydrogen) atoms. The van der Waals surface area contributed by atoms with E-state index in [4.69, 9.17) is 0 Å². The van der Waals surface area contributed by atoms with Crippen molar-refractivity contribution in [1.82, 2.24) is 5.32 Å². The Bertz CT molecular complexity index is 88.1. The van der Waals surface area contributed by atoms with Gasteiger partial charge in [0.2, 0.25) is 0 Å². The molecule has 37 valence electrons. The number of rotatable bonds is 0. The van der Waals surface area contributed by atoms with Crippen LogP contribution in [0.2, 0.25) is 0 Å². The second kappa shape index (κ2) is 2.17. The topological polar surface area (TPSA) is 12.0 Å². The molecular weight excluding hydrogens is 84.9 g/mol. The summed E-state index contributed by atoms with van der Waals surface area (Å²) in [5.74, 6) is 2.16. The number of hydrogen-bond acceptors (Lipinski definition) is 1. The van der Waals surface area contributed by atoms with E-state index in [1.165, 1.54) is 5.57 Å². The molecule has 1 N–H and O–H groups in total. The average Bonchev–Trinajstić information content (AvgIpc) is 1.69. The molecule has 1 nitrogen and oxygen atoms in total. The lowest BCUT2D eigenvalue weighted by atomic mass is 9.75. The van der Waals surface area contributed by atoms with Crippen LogP contribution in [-0.2, 0) is 0 Å². The van der Waals surface area contributed by atoms with Gasteiger partial charge in [-0.2, -0.15) is 0 Å². The fourth-order valence-electron chi connectivity index (χ4n) is 0.672. The first-order valence-corrected chi connectivity index (χ1v) is 2.59. The SMILES string of the molecule is CC1=C[B]CNC1. The van der Waals surface area contributed by atoms with Crippen LogP contribution in [0.15, 0.2) is 11.5 Å². The average molecular weight is 93.9 g/mol. The van der Waals surface area contributed by atoms with Crippen LogP contribution >= 0.6 is 0 Å². The highest BCUT2D eigenvalue weighted by atomic mass is 14.8. The predicted octanol–water partition coefficient (Wildman–Crippen LogP) is 0.155. The van der Waals surface area contributed by atoms with Crippen LogP contribution in [0.5, 0.6) is 0 Å². The van der Waals surface area contributed by atoms with Gasteiger partial charge in [-0.15, -0.1) is 5.98 Å². The van der Waals surface area contributed by atoms with Gasteiger partial charge in [0.1, 0.15) is 0 Å². The van der Waals surface area contributed by atoms with E-state index in [1.807, 2.05) is 0 Å². The van der Waals surface area contributed by atoms with Gasteiger partial charge < -0.3 is 5.32 Å². The van der Waals surface area contributed by atoms with E-state index in [2.05, 4.69) is 25.5 Å². The Morgan fingerprint density at radius 3 is 3.00 bits per heavy atom. The zero-order chi connectivity index (χ0) is 5.11. The highest BCUT2D eigenvalue weighted by Crippen LogP contribution is 1.90. The normalized spacial score (nSPS) is 20.4. The lowest BCUT2D eigenvalue weighted by Crippen LogP contribution is -2.26. The molecule has 1 aliphatic heterocycles. The fourth-order valence-corrected chi connectivity index (χ4v) is 0.672. The molecule has 1 rings (SSSR count). The predicted molar refractivity (Wildman–Crippen MR) is 32.4 cm³/mol. The van der Waals surface area contributed by atoms with Crippen LogP contribution in [0.3, 0.4) is 0 Å². The van der Waals surface area contributed by atoms with Crippen LogP contribution in [0.4, 0.5) is 0 Å². The Labute approximate surface area is 45.0 Å². The van der Waals surface area contributed by atoms with Gasteiger partial charge in [0.05, 0.1) is 0 Å². The first-order valence-electron chi connectivity index (χ1n) is 2.59. The minimum atomic E-state index is 1.04. The van der Waals surface area contributed by atoms with E-state index in [0.717, 1.165) is 13.0 Å². The van der Waals surface area contributed by atoms with Crippen LogP contribution in [0.1, 0.15) is 6.92 Å². The molecule has 1 aliphatic rings. The Morgan fingerprint density at radius 2 is 2.71 bits per heavy atom. The summed E-state index contributed by atoms with van der Waals surface area (Å²) in [7, 11) is 2.14. The fraction of sp³-hybridized carbons (Fsp3) is 0.600. The first-order chi connectivity index (χ1) is 3.39. The molecule has 0 atom stereocenters. The van der Waals surface area contributed by atoms with E-state index in [1.54, 1.807) is 0 Å². The maximum Gasteiger partial charge on any atom is 0.159 e. The maximum absolute atomic E-state index is 3.21. The van der Waals surface area contributed by atoms with Crippen molar-refractivity contribution in [2.75, 3.05) is 13.0 Å². The highest BCUT2D eigenvalue weighted by Gasteiger charge is 1.95. The molecule has 0 saturated carbocycles. The van der Waals surface area contributed by atoms with Gasteiger partial charge in [-0.1, -0.05) is 5.57 Å². The minimum Gasteiger partial charge on any atom is -0.321 e. The van der Waals surface area contributed by atoms with Gasteiger partial charge in [-0.25, -0.2) is 0 Å². The van der Waals surface area contributed by atoms with Crippen molar-refractivity contribution in [3.63, 3.8) is 0 Å². The standard InChI is InChI=1S/C5H9BN/c1-5-2-6-4-7-3-5/h2,7H,3-4H2,1H3. The van der Waals surface area contributed by atoms with Gasteiger partial charge >= 0.3 is 0 Å². The number of nitrogens with one attached hydrogen (secondary N) is 1. The smallest absolute Gasteiger partial charge is 0.159 e. The summed E-state index contributed by atoms with van der Waals surface area (Å²) in [6, 6.07) is 0. The third-order valence-corrected chi connectivity index (χ3v) is 1.07. The molecule has 1 heterocycles. The van der Waals surface area contributed by atoms with Crippen molar-refractivity contribution in [3.8, 4) is 0 Å². The maximum atomic E-state index is 3.21. The molecule has 0 aromatic carbocycles. The highest BCUT2D eigenvalue weighted by molar-refractivity contribution is 6.42. The molecule has 0 amide bonds. The van der Waals surface area contributed by atoms with Crippen LogP contribution in [0, 0.1) is 0 Å². The summed E-state index contributed by atoms with van der Waals surface area (Å²) in [4.78, 5) is 0. The first kappa shape index (κ1) is 4.91. The third kappa shape index (κ3) is 1.36. The van der Waals surface area contributed by atoms with Crippen molar-refractivity contribution in [2.24, 2.45) is 0 Å². The minimum absolute atomic E-state index is 1.04. The van der Waals surface area contributed by atoms with Crippen molar-refractivity contribution in [1.29, 1.82) is 0 Å². The van der Waals surface area contributed by atoms with E-state index < -0.39 is 0 Å². The molecule has 0 spiro atoms. The van der Waals surface area contributed by atoms with Crippen molar-refractivity contribution in [2.45, 2.75) is 6.92 Å². The van der Waals surface area contributed by atoms with Gasteiger partial charge in [-0.05, 0) is 13.4 Å². The van der Waals surface area contributed by atoms with E-state index in [9.17, 15) is 0 Å². The molecule has 0 aromatic rings. The van der Waals surface area contributed by atoms with Gasteiger partial charge in [0.25, 0.3) is 0 Å². The molecule has 0 saturated heterocycles. The second-order valence-corrected chi connectivity index (χ2v) is 1.88. The summed E-state index contributed by atoms with van der Waals surface area (Å²) in [6.45, 7) is 3.19. The van der Waals surface area contributed by atoms with Gasteiger partial charge in [0.15, 0.2) is 7.28 Å². The molecule has 2 heteroatoms. The molecule has 1 radical (unpaired) electrons. The molecule has 0 fully saturated rings.